The maximum Gasteiger partial charge on any atom is 0.194 e. The summed E-state index contributed by atoms with van der Waals surface area (Å²) in [4.78, 5) is 12.9. The molecule has 0 aliphatic rings. The number of ether oxygens (including phenoxy) is 1. The second kappa shape index (κ2) is 5.06. The van der Waals surface area contributed by atoms with Crippen LogP contribution in [0.1, 0.15) is 15.9 Å². The summed E-state index contributed by atoms with van der Waals surface area (Å²) in [6.07, 6.45) is 0. The molecule has 0 heterocycles. The van der Waals surface area contributed by atoms with Gasteiger partial charge in [0.05, 0.1) is 7.11 Å². The number of carbonyl (C=O) groups excluding carboxylic acids is 1. The SMILES string of the molecule is COc1ccc(S)c(C(=O)c2ccccc2)c1. The van der Waals surface area contributed by atoms with Gasteiger partial charge in [-0.2, -0.15) is 0 Å². The topological polar surface area (TPSA) is 26.3 Å². The number of benzene rings is 2. The van der Waals surface area contributed by atoms with Crippen LogP contribution < -0.4 is 4.74 Å². The maximum absolute atomic E-state index is 12.2. The van der Waals surface area contributed by atoms with E-state index < -0.39 is 0 Å². The quantitative estimate of drug-likeness (QED) is 0.663. The maximum atomic E-state index is 12.2. The molecule has 17 heavy (non-hydrogen) atoms. The molecule has 0 spiro atoms. The number of rotatable bonds is 3. The second-order valence-corrected chi connectivity index (χ2v) is 4.06. The van der Waals surface area contributed by atoms with Crippen LogP contribution in [0.3, 0.4) is 0 Å². The molecule has 0 saturated carbocycles. The second-order valence-electron chi connectivity index (χ2n) is 3.58. The molecule has 0 bridgehead atoms. The predicted octanol–water partition coefficient (Wildman–Crippen LogP) is 3.21. The van der Waals surface area contributed by atoms with Crippen molar-refractivity contribution in [1.29, 1.82) is 0 Å². The summed E-state index contributed by atoms with van der Waals surface area (Å²) in [5.74, 6) is 0.608. The van der Waals surface area contributed by atoms with Crippen molar-refractivity contribution in [1.82, 2.24) is 0 Å². The molecule has 3 heteroatoms. The largest absolute Gasteiger partial charge is 0.497 e. The molecule has 2 aromatic rings. The van der Waals surface area contributed by atoms with Crippen LogP contribution in [0.15, 0.2) is 53.4 Å². The van der Waals surface area contributed by atoms with E-state index in [0.717, 1.165) is 0 Å². The van der Waals surface area contributed by atoms with Crippen LogP contribution in [-0.4, -0.2) is 12.9 Å². The van der Waals surface area contributed by atoms with Crippen molar-refractivity contribution in [2.45, 2.75) is 4.90 Å². The summed E-state index contributed by atoms with van der Waals surface area (Å²) in [6.45, 7) is 0. The fourth-order valence-electron chi connectivity index (χ4n) is 1.57. The van der Waals surface area contributed by atoms with Crippen LogP contribution in [-0.2, 0) is 0 Å². The first-order valence-electron chi connectivity index (χ1n) is 5.19. The van der Waals surface area contributed by atoms with Gasteiger partial charge in [0.1, 0.15) is 5.75 Å². The van der Waals surface area contributed by atoms with Crippen molar-refractivity contribution in [3.05, 3.63) is 59.7 Å². The molecular weight excluding hydrogens is 232 g/mol. The highest BCUT2D eigenvalue weighted by Gasteiger charge is 2.12. The van der Waals surface area contributed by atoms with Gasteiger partial charge in [-0.3, -0.25) is 4.79 Å². The summed E-state index contributed by atoms with van der Waals surface area (Å²) in [5, 5.41) is 0. The minimum atomic E-state index is -0.0468. The monoisotopic (exact) mass is 244 g/mol. The van der Waals surface area contributed by atoms with E-state index >= 15 is 0 Å². The van der Waals surface area contributed by atoms with Gasteiger partial charge in [-0.05, 0) is 18.2 Å². The highest BCUT2D eigenvalue weighted by molar-refractivity contribution is 7.80. The number of thiol groups is 1. The molecule has 0 amide bonds. The van der Waals surface area contributed by atoms with Crippen LogP contribution >= 0.6 is 12.6 Å². The third-order valence-corrected chi connectivity index (χ3v) is 2.87. The van der Waals surface area contributed by atoms with Gasteiger partial charge >= 0.3 is 0 Å². The highest BCUT2D eigenvalue weighted by Crippen LogP contribution is 2.23. The van der Waals surface area contributed by atoms with Crippen LogP contribution in [0.2, 0.25) is 0 Å². The third kappa shape index (κ3) is 2.50. The molecular formula is C14H12O2S. The summed E-state index contributed by atoms with van der Waals surface area (Å²) < 4.78 is 5.11. The van der Waals surface area contributed by atoms with Gasteiger partial charge in [0.15, 0.2) is 5.78 Å². The lowest BCUT2D eigenvalue weighted by atomic mass is 10.0. The van der Waals surface area contributed by atoms with Gasteiger partial charge in [0.2, 0.25) is 0 Å². The molecule has 0 aliphatic carbocycles. The van der Waals surface area contributed by atoms with Crippen molar-refractivity contribution in [3.63, 3.8) is 0 Å². The van der Waals surface area contributed by atoms with Crippen molar-refractivity contribution in [2.75, 3.05) is 7.11 Å². The van der Waals surface area contributed by atoms with Crippen LogP contribution in [0.4, 0.5) is 0 Å². The van der Waals surface area contributed by atoms with E-state index in [0.29, 0.717) is 21.8 Å². The Morgan fingerprint density at radius 2 is 1.82 bits per heavy atom. The minimum Gasteiger partial charge on any atom is -0.497 e. The van der Waals surface area contributed by atoms with E-state index in [1.54, 1.807) is 37.4 Å². The lowest BCUT2D eigenvalue weighted by Crippen LogP contribution is -2.02. The van der Waals surface area contributed by atoms with E-state index in [-0.39, 0.29) is 5.78 Å². The fraction of sp³-hybridized carbons (Fsp3) is 0.0714. The lowest BCUT2D eigenvalue weighted by Gasteiger charge is -2.06. The Bertz CT molecular complexity index is 535. The molecule has 2 nitrogen and oxygen atoms in total. The van der Waals surface area contributed by atoms with Crippen molar-refractivity contribution in [2.24, 2.45) is 0 Å². The highest BCUT2D eigenvalue weighted by atomic mass is 32.1. The molecule has 0 unspecified atom stereocenters. The van der Waals surface area contributed by atoms with Gasteiger partial charge < -0.3 is 4.74 Å². The number of ketones is 1. The Labute approximate surface area is 106 Å². The standard InChI is InChI=1S/C14H12O2S/c1-16-11-7-8-13(17)12(9-11)14(15)10-5-3-2-4-6-10/h2-9,17H,1H3. The first-order chi connectivity index (χ1) is 8.22. The zero-order valence-corrected chi connectivity index (χ0v) is 10.3. The fourth-order valence-corrected chi connectivity index (χ4v) is 1.81. The lowest BCUT2D eigenvalue weighted by molar-refractivity contribution is 0.103. The van der Waals surface area contributed by atoms with E-state index in [9.17, 15) is 4.79 Å². The molecule has 0 saturated heterocycles. The van der Waals surface area contributed by atoms with Gasteiger partial charge in [-0.25, -0.2) is 0 Å². The normalized spacial score (nSPS) is 10.0. The van der Waals surface area contributed by atoms with Crippen molar-refractivity contribution >= 4 is 18.4 Å². The van der Waals surface area contributed by atoms with Crippen molar-refractivity contribution < 1.29 is 9.53 Å². The molecule has 2 rings (SSSR count). The smallest absolute Gasteiger partial charge is 0.194 e. The number of methoxy groups -OCH3 is 1. The first-order valence-corrected chi connectivity index (χ1v) is 5.64. The predicted molar refractivity (Wildman–Crippen MR) is 70.1 cm³/mol. The molecule has 0 atom stereocenters. The van der Waals surface area contributed by atoms with Crippen LogP contribution in [0, 0.1) is 0 Å². The first kappa shape index (κ1) is 11.7. The Kier molecular flexibility index (Phi) is 3.49. The molecule has 86 valence electrons. The third-order valence-electron chi connectivity index (χ3n) is 2.48. The van der Waals surface area contributed by atoms with Crippen LogP contribution in [0.5, 0.6) is 5.75 Å². The molecule has 0 N–H and O–H groups in total. The molecule has 0 fully saturated rings. The van der Waals surface area contributed by atoms with Crippen molar-refractivity contribution in [3.8, 4) is 5.75 Å². The number of hydrogen-bond acceptors (Lipinski definition) is 3. The Hall–Kier alpha value is -1.74. The minimum absolute atomic E-state index is 0.0468. The number of carbonyl (C=O) groups is 1. The molecule has 0 radical (unpaired) electrons. The zero-order chi connectivity index (χ0) is 12.3. The van der Waals surface area contributed by atoms with Gasteiger partial charge in [-0.15, -0.1) is 12.6 Å². The Morgan fingerprint density at radius 3 is 2.47 bits per heavy atom. The Balaban J connectivity index is 2.44. The van der Waals surface area contributed by atoms with E-state index in [1.165, 1.54) is 0 Å². The van der Waals surface area contributed by atoms with Crippen LogP contribution in [0.25, 0.3) is 0 Å². The summed E-state index contributed by atoms with van der Waals surface area (Å²) in [5.41, 5.74) is 1.20. The van der Waals surface area contributed by atoms with Gasteiger partial charge in [0, 0.05) is 16.0 Å². The zero-order valence-electron chi connectivity index (χ0n) is 9.38. The van der Waals surface area contributed by atoms with Gasteiger partial charge in [0.25, 0.3) is 0 Å². The van der Waals surface area contributed by atoms with Gasteiger partial charge in [-0.1, -0.05) is 30.3 Å². The number of hydrogen-bond donors (Lipinski definition) is 1. The average molecular weight is 244 g/mol. The average Bonchev–Trinajstić information content (AvgIpc) is 2.39. The molecule has 2 aromatic carbocycles. The summed E-state index contributed by atoms with van der Waals surface area (Å²) in [6, 6.07) is 14.4. The summed E-state index contributed by atoms with van der Waals surface area (Å²) in [7, 11) is 1.57. The molecule has 0 aliphatic heterocycles. The summed E-state index contributed by atoms with van der Waals surface area (Å²) >= 11 is 4.30. The van der Waals surface area contributed by atoms with E-state index in [2.05, 4.69) is 12.6 Å². The van der Waals surface area contributed by atoms with E-state index in [1.807, 2.05) is 18.2 Å². The molecule has 0 aromatic heterocycles. The Morgan fingerprint density at radius 1 is 1.12 bits per heavy atom. The van der Waals surface area contributed by atoms with E-state index in [4.69, 9.17) is 4.74 Å².